The summed E-state index contributed by atoms with van der Waals surface area (Å²) in [5, 5.41) is 0. The van der Waals surface area contributed by atoms with Crippen molar-refractivity contribution in [1.82, 2.24) is 4.98 Å². The van der Waals surface area contributed by atoms with E-state index in [1.165, 1.54) is 0 Å². The molecule has 3 nitrogen and oxygen atoms in total. The van der Waals surface area contributed by atoms with Crippen molar-refractivity contribution in [2.75, 3.05) is 13.7 Å². The average molecular weight is 153 g/mol. The second-order valence-electron chi connectivity index (χ2n) is 2.30. The van der Waals surface area contributed by atoms with E-state index < -0.39 is 0 Å². The molecule has 1 rings (SSSR count). The smallest absolute Gasteiger partial charge is 0.248 e. The molecule has 0 saturated carbocycles. The Kier molecular flexibility index (Phi) is 2.86. The van der Waals surface area contributed by atoms with Crippen molar-refractivity contribution in [3.05, 3.63) is 34.2 Å². The van der Waals surface area contributed by atoms with Crippen LogP contribution < -0.4 is 5.56 Å². The van der Waals surface area contributed by atoms with E-state index in [1.807, 2.05) is 6.07 Å². The number of ether oxygens (including phenoxy) is 1. The van der Waals surface area contributed by atoms with Crippen molar-refractivity contribution in [3.63, 3.8) is 0 Å². The van der Waals surface area contributed by atoms with Gasteiger partial charge < -0.3 is 9.72 Å². The zero-order valence-corrected chi connectivity index (χ0v) is 6.46. The minimum atomic E-state index is -0.0568. The minimum Gasteiger partial charge on any atom is -0.384 e. The van der Waals surface area contributed by atoms with Crippen LogP contribution in [0.15, 0.2) is 23.1 Å². The standard InChI is InChI=1S/C8H11NO2/c1-11-5-3-7-2-4-9-8(10)6-7/h2,4,6H,3,5H2,1H3,(H,9,10). The van der Waals surface area contributed by atoms with Gasteiger partial charge in [0.15, 0.2) is 0 Å². The highest BCUT2D eigenvalue weighted by molar-refractivity contribution is 5.09. The molecule has 0 amide bonds. The molecule has 0 aliphatic heterocycles. The number of pyridine rings is 1. The van der Waals surface area contributed by atoms with Crippen LogP contribution in [0.5, 0.6) is 0 Å². The number of rotatable bonds is 3. The third-order valence-corrected chi connectivity index (χ3v) is 1.43. The first-order valence-electron chi connectivity index (χ1n) is 3.49. The molecule has 1 aromatic rings. The Morgan fingerprint density at radius 3 is 3.09 bits per heavy atom. The summed E-state index contributed by atoms with van der Waals surface area (Å²) >= 11 is 0. The summed E-state index contributed by atoms with van der Waals surface area (Å²) in [6, 6.07) is 3.46. The van der Waals surface area contributed by atoms with Crippen LogP contribution in [-0.4, -0.2) is 18.7 Å². The highest BCUT2D eigenvalue weighted by Gasteiger charge is 1.91. The van der Waals surface area contributed by atoms with E-state index in [9.17, 15) is 4.79 Å². The molecule has 60 valence electrons. The first-order valence-corrected chi connectivity index (χ1v) is 3.49. The van der Waals surface area contributed by atoms with Crippen LogP contribution in [0, 0.1) is 0 Å². The van der Waals surface area contributed by atoms with Gasteiger partial charge in [0.2, 0.25) is 5.56 Å². The summed E-state index contributed by atoms with van der Waals surface area (Å²) in [6.07, 6.45) is 2.44. The molecular formula is C8H11NO2. The van der Waals surface area contributed by atoms with Gasteiger partial charge in [-0.3, -0.25) is 4.79 Å². The number of hydrogen-bond acceptors (Lipinski definition) is 2. The van der Waals surface area contributed by atoms with Gasteiger partial charge in [-0.1, -0.05) is 0 Å². The Morgan fingerprint density at radius 1 is 1.64 bits per heavy atom. The average Bonchev–Trinajstić information content (AvgIpc) is 2.01. The maximum absolute atomic E-state index is 10.8. The Hall–Kier alpha value is -1.09. The molecule has 11 heavy (non-hydrogen) atoms. The SMILES string of the molecule is COCCc1cc[nH]c(=O)c1. The Balaban J connectivity index is 2.64. The van der Waals surface area contributed by atoms with Gasteiger partial charge in [-0.05, 0) is 18.1 Å². The summed E-state index contributed by atoms with van der Waals surface area (Å²) in [4.78, 5) is 13.3. The molecule has 0 spiro atoms. The van der Waals surface area contributed by atoms with Gasteiger partial charge in [-0.2, -0.15) is 0 Å². The Labute approximate surface area is 65.0 Å². The van der Waals surface area contributed by atoms with Crippen molar-refractivity contribution in [1.29, 1.82) is 0 Å². The maximum Gasteiger partial charge on any atom is 0.248 e. The van der Waals surface area contributed by atoms with E-state index in [1.54, 1.807) is 19.4 Å². The quantitative estimate of drug-likeness (QED) is 0.689. The van der Waals surface area contributed by atoms with E-state index in [-0.39, 0.29) is 5.56 Å². The molecule has 0 aliphatic carbocycles. The molecule has 0 saturated heterocycles. The Bertz CT molecular complexity index is 267. The summed E-state index contributed by atoms with van der Waals surface area (Å²) in [5.41, 5.74) is 0.953. The van der Waals surface area contributed by atoms with Gasteiger partial charge in [0.1, 0.15) is 0 Å². The molecular weight excluding hydrogens is 142 g/mol. The molecule has 0 radical (unpaired) electrons. The van der Waals surface area contributed by atoms with Crippen molar-refractivity contribution in [2.45, 2.75) is 6.42 Å². The van der Waals surface area contributed by atoms with E-state index in [0.717, 1.165) is 12.0 Å². The lowest BCUT2D eigenvalue weighted by atomic mass is 10.2. The number of methoxy groups -OCH3 is 1. The lowest BCUT2D eigenvalue weighted by Crippen LogP contribution is -2.05. The van der Waals surface area contributed by atoms with Crippen LogP contribution in [0.2, 0.25) is 0 Å². The topological polar surface area (TPSA) is 42.1 Å². The molecule has 0 atom stereocenters. The molecule has 1 heterocycles. The van der Waals surface area contributed by atoms with Crippen molar-refractivity contribution in [2.24, 2.45) is 0 Å². The normalized spacial score (nSPS) is 9.91. The zero-order valence-electron chi connectivity index (χ0n) is 6.46. The molecule has 0 unspecified atom stereocenters. The first-order chi connectivity index (χ1) is 5.33. The third-order valence-electron chi connectivity index (χ3n) is 1.43. The van der Waals surface area contributed by atoms with E-state index in [4.69, 9.17) is 4.74 Å². The van der Waals surface area contributed by atoms with Crippen LogP contribution in [-0.2, 0) is 11.2 Å². The highest BCUT2D eigenvalue weighted by Crippen LogP contribution is 1.93. The number of hydrogen-bond donors (Lipinski definition) is 1. The number of aromatic amines is 1. The van der Waals surface area contributed by atoms with E-state index in [0.29, 0.717) is 6.61 Å². The number of nitrogens with one attached hydrogen (secondary N) is 1. The van der Waals surface area contributed by atoms with Crippen LogP contribution in [0.25, 0.3) is 0 Å². The fraction of sp³-hybridized carbons (Fsp3) is 0.375. The van der Waals surface area contributed by atoms with Gasteiger partial charge in [-0.25, -0.2) is 0 Å². The molecule has 3 heteroatoms. The molecule has 0 aliphatic rings. The van der Waals surface area contributed by atoms with E-state index >= 15 is 0 Å². The lowest BCUT2D eigenvalue weighted by Gasteiger charge is -1.97. The van der Waals surface area contributed by atoms with Gasteiger partial charge >= 0.3 is 0 Å². The van der Waals surface area contributed by atoms with Crippen LogP contribution in [0.3, 0.4) is 0 Å². The predicted molar refractivity (Wildman–Crippen MR) is 42.6 cm³/mol. The van der Waals surface area contributed by atoms with Crippen LogP contribution in [0.1, 0.15) is 5.56 Å². The molecule has 0 bridgehead atoms. The Morgan fingerprint density at radius 2 is 2.45 bits per heavy atom. The fourth-order valence-electron chi connectivity index (χ4n) is 0.864. The lowest BCUT2D eigenvalue weighted by molar-refractivity contribution is 0.202. The molecule has 1 N–H and O–H groups in total. The van der Waals surface area contributed by atoms with Gasteiger partial charge in [-0.15, -0.1) is 0 Å². The monoisotopic (exact) mass is 153 g/mol. The number of H-pyrrole nitrogens is 1. The van der Waals surface area contributed by atoms with Gasteiger partial charge in [0, 0.05) is 19.4 Å². The van der Waals surface area contributed by atoms with Crippen molar-refractivity contribution >= 4 is 0 Å². The maximum atomic E-state index is 10.8. The van der Waals surface area contributed by atoms with E-state index in [2.05, 4.69) is 4.98 Å². The second kappa shape index (κ2) is 3.93. The summed E-state index contributed by atoms with van der Waals surface area (Å²) in [5.74, 6) is 0. The summed E-state index contributed by atoms with van der Waals surface area (Å²) in [7, 11) is 1.65. The predicted octanol–water partition coefficient (Wildman–Crippen LogP) is 0.564. The van der Waals surface area contributed by atoms with Crippen LogP contribution in [0.4, 0.5) is 0 Å². The molecule has 0 aromatic carbocycles. The fourth-order valence-corrected chi connectivity index (χ4v) is 0.864. The largest absolute Gasteiger partial charge is 0.384 e. The van der Waals surface area contributed by atoms with Gasteiger partial charge in [0.05, 0.1) is 6.61 Å². The van der Waals surface area contributed by atoms with Crippen molar-refractivity contribution in [3.8, 4) is 0 Å². The minimum absolute atomic E-state index is 0.0568. The molecule has 1 aromatic heterocycles. The summed E-state index contributed by atoms with van der Waals surface area (Å²) in [6.45, 7) is 0.656. The zero-order chi connectivity index (χ0) is 8.10. The second-order valence-corrected chi connectivity index (χ2v) is 2.30. The van der Waals surface area contributed by atoms with Crippen molar-refractivity contribution < 1.29 is 4.74 Å². The summed E-state index contributed by atoms with van der Waals surface area (Å²) < 4.78 is 4.87. The highest BCUT2D eigenvalue weighted by atomic mass is 16.5. The van der Waals surface area contributed by atoms with Crippen LogP contribution >= 0.6 is 0 Å². The van der Waals surface area contributed by atoms with Gasteiger partial charge in [0.25, 0.3) is 0 Å². The number of aromatic nitrogens is 1. The first kappa shape index (κ1) is 8.01. The molecule has 0 fully saturated rings. The third kappa shape index (κ3) is 2.55.